The molecular weight excluding hydrogens is 350 g/mol. The molecule has 2 aromatic rings. The predicted octanol–water partition coefficient (Wildman–Crippen LogP) is 4.58. The molecule has 0 atom stereocenters. The summed E-state index contributed by atoms with van der Waals surface area (Å²) in [5.74, 6) is 0.614. The lowest BCUT2D eigenvalue weighted by atomic mass is 9.99. The molecule has 0 saturated heterocycles. The van der Waals surface area contributed by atoms with E-state index in [1.54, 1.807) is 6.07 Å². The number of rotatable bonds is 7. The van der Waals surface area contributed by atoms with E-state index >= 15 is 0 Å². The summed E-state index contributed by atoms with van der Waals surface area (Å²) in [7, 11) is 0. The van der Waals surface area contributed by atoms with Crippen LogP contribution in [0, 0.1) is 30.3 Å². The molecule has 0 radical (unpaired) electrons. The van der Waals surface area contributed by atoms with Crippen molar-refractivity contribution < 1.29 is 14.8 Å². The first kappa shape index (κ1) is 18.3. The molecule has 130 valence electrons. The first-order chi connectivity index (χ1) is 11.9. The Morgan fingerprint density at radius 1 is 0.800 bits per heavy atom. The Labute approximate surface area is 146 Å². The van der Waals surface area contributed by atoms with Gasteiger partial charge in [-0.15, -0.1) is 11.8 Å². The fourth-order valence-corrected chi connectivity index (χ4v) is 3.29. The standard InChI is InChI=1S/C15H13N3O6S/c1-2-9-25-13-8-4-7-12(18(23)24)15(13)14-10(16(19)20)5-3-6-11(14)17(21)22/h3-8H,2,9H2,1H3. The van der Waals surface area contributed by atoms with Gasteiger partial charge in [0.2, 0.25) is 0 Å². The number of hydrogen-bond acceptors (Lipinski definition) is 7. The number of nitro groups is 3. The van der Waals surface area contributed by atoms with E-state index < -0.39 is 31.8 Å². The third-order valence-corrected chi connectivity index (χ3v) is 4.59. The fraction of sp³-hybridized carbons (Fsp3) is 0.200. The summed E-state index contributed by atoms with van der Waals surface area (Å²) in [4.78, 5) is 32.4. The molecule has 0 N–H and O–H groups in total. The van der Waals surface area contributed by atoms with E-state index in [0.717, 1.165) is 18.6 Å². The lowest BCUT2D eigenvalue weighted by Gasteiger charge is -2.10. The number of benzene rings is 2. The molecule has 0 spiro atoms. The van der Waals surface area contributed by atoms with E-state index in [4.69, 9.17) is 0 Å². The second kappa shape index (κ2) is 7.71. The van der Waals surface area contributed by atoms with E-state index in [1.165, 1.54) is 30.0 Å². The molecule has 0 amide bonds. The molecule has 25 heavy (non-hydrogen) atoms. The second-order valence-electron chi connectivity index (χ2n) is 4.94. The monoisotopic (exact) mass is 363 g/mol. The molecule has 0 aliphatic carbocycles. The van der Waals surface area contributed by atoms with Gasteiger partial charge in [-0.1, -0.05) is 13.0 Å². The number of nitrogens with zero attached hydrogens (tertiary/aromatic N) is 3. The van der Waals surface area contributed by atoms with Crippen molar-refractivity contribution in [1.29, 1.82) is 0 Å². The zero-order valence-corrected chi connectivity index (χ0v) is 13.9. The third-order valence-electron chi connectivity index (χ3n) is 3.33. The fourth-order valence-electron chi connectivity index (χ4n) is 2.34. The molecule has 0 heterocycles. The zero-order chi connectivity index (χ0) is 18.6. The first-order valence-electron chi connectivity index (χ1n) is 7.20. The lowest BCUT2D eigenvalue weighted by molar-refractivity contribution is -0.393. The van der Waals surface area contributed by atoms with Crippen molar-refractivity contribution in [2.24, 2.45) is 0 Å². The van der Waals surface area contributed by atoms with Crippen LogP contribution in [0.15, 0.2) is 41.3 Å². The van der Waals surface area contributed by atoms with Crippen LogP contribution in [0.2, 0.25) is 0 Å². The molecule has 0 fully saturated rings. The van der Waals surface area contributed by atoms with Crippen LogP contribution < -0.4 is 0 Å². The molecule has 10 heteroatoms. The molecule has 0 bridgehead atoms. The van der Waals surface area contributed by atoms with Gasteiger partial charge in [0.1, 0.15) is 5.56 Å². The molecule has 0 aromatic heterocycles. The van der Waals surface area contributed by atoms with E-state index in [9.17, 15) is 30.3 Å². The molecule has 0 aliphatic heterocycles. The summed E-state index contributed by atoms with van der Waals surface area (Å²) >= 11 is 1.26. The minimum atomic E-state index is -0.771. The normalized spacial score (nSPS) is 10.4. The van der Waals surface area contributed by atoms with Gasteiger partial charge in [-0.25, -0.2) is 0 Å². The minimum absolute atomic E-state index is 0.0926. The summed E-state index contributed by atoms with van der Waals surface area (Å²) in [5, 5.41) is 34.2. The maximum Gasteiger partial charge on any atom is 0.284 e. The van der Waals surface area contributed by atoms with Gasteiger partial charge in [0, 0.05) is 23.1 Å². The van der Waals surface area contributed by atoms with E-state index in [2.05, 4.69) is 0 Å². The molecule has 9 nitrogen and oxygen atoms in total. The van der Waals surface area contributed by atoms with E-state index in [1.807, 2.05) is 6.92 Å². The maximum atomic E-state index is 11.4. The van der Waals surface area contributed by atoms with E-state index in [-0.39, 0.29) is 11.1 Å². The Morgan fingerprint density at radius 3 is 1.68 bits per heavy atom. The Kier molecular flexibility index (Phi) is 5.65. The van der Waals surface area contributed by atoms with Gasteiger partial charge in [-0.2, -0.15) is 0 Å². The molecule has 2 rings (SSSR count). The highest BCUT2D eigenvalue weighted by atomic mass is 32.2. The third kappa shape index (κ3) is 3.74. The Bertz CT molecular complexity index is 823. The molecule has 0 unspecified atom stereocenters. The highest BCUT2D eigenvalue weighted by Gasteiger charge is 2.33. The Balaban J connectivity index is 2.91. The van der Waals surface area contributed by atoms with Gasteiger partial charge in [-0.3, -0.25) is 30.3 Å². The minimum Gasteiger partial charge on any atom is -0.258 e. The summed E-state index contributed by atoms with van der Waals surface area (Å²) in [5.41, 5.74) is -1.92. The number of thioether (sulfide) groups is 1. The SMILES string of the molecule is CCCSc1cccc([N+](=O)[O-])c1-c1c([N+](=O)[O-])cccc1[N+](=O)[O-]. The average Bonchev–Trinajstić information content (AvgIpc) is 2.58. The molecule has 0 saturated carbocycles. The van der Waals surface area contributed by atoms with Crippen molar-refractivity contribution >= 4 is 28.8 Å². The van der Waals surface area contributed by atoms with Crippen LogP contribution in [-0.4, -0.2) is 20.5 Å². The second-order valence-corrected chi connectivity index (χ2v) is 6.08. The van der Waals surface area contributed by atoms with Crippen molar-refractivity contribution in [3.8, 4) is 11.1 Å². The lowest BCUT2D eigenvalue weighted by Crippen LogP contribution is -2.01. The van der Waals surface area contributed by atoms with Crippen LogP contribution in [0.25, 0.3) is 11.1 Å². The predicted molar refractivity (Wildman–Crippen MR) is 92.9 cm³/mol. The Morgan fingerprint density at radius 2 is 1.24 bits per heavy atom. The van der Waals surface area contributed by atoms with Crippen molar-refractivity contribution in [2.75, 3.05) is 5.75 Å². The van der Waals surface area contributed by atoms with Gasteiger partial charge in [0.05, 0.1) is 20.3 Å². The summed E-state index contributed by atoms with van der Waals surface area (Å²) in [6.45, 7) is 1.91. The highest BCUT2D eigenvalue weighted by molar-refractivity contribution is 7.99. The van der Waals surface area contributed by atoms with Crippen molar-refractivity contribution in [3.63, 3.8) is 0 Å². The molecular formula is C15H13N3O6S. The van der Waals surface area contributed by atoms with Crippen LogP contribution in [0.4, 0.5) is 17.1 Å². The first-order valence-corrected chi connectivity index (χ1v) is 8.19. The highest BCUT2D eigenvalue weighted by Crippen LogP contribution is 2.46. The largest absolute Gasteiger partial charge is 0.284 e. The van der Waals surface area contributed by atoms with Crippen molar-refractivity contribution in [3.05, 3.63) is 66.7 Å². The summed E-state index contributed by atoms with van der Waals surface area (Å²) < 4.78 is 0. The van der Waals surface area contributed by atoms with Gasteiger partial charge in [-0.05, 0) is 24.3 Å². The number of nitro benzene ring substituents is 3. The zero-order valence-electron chi connectivity index (χ0n) is 13.1. The van der Waals surface area contributed by atoms with Crippen molar-refractivity contribution in [1.82, 2.24) is 0 Å². The van der Waals surface area contributed by atoms with Gasteiger partial charge >= 0.3 is 0 Å². The molecule has 2 aromatic carbocycles. The number of hydrogen-bond donors (Lipinski definition) is 0. The van der Waals surface area contributed by atoms with Crippen LogP contribution in [0.1, 0.15) is 13.3 Å². The quantitative estimate of drug-likeness (QED) is 0.400. The van der Waals surface area contributed by atoms with Gasteiger partial charge in [0.15, 0.2) is 0 Å². The summed E-state index contributed by atoms with van der Waals surface area (Å²) in [6, 6.07) is 7.61. The van der Waals surface area contributed by atoms with Crippen LogP contribution in [0.5, 0.6) is 0 Å². The van der Waals surface area contributed by atoms with Crippen LogP contribution in [-0.2, 0) is 0 Å². The van der Waals surface area contributed by atoms with E-state index in [0.29, 0.717) is 10.6 Å². The average molecular weight is 363 g/mol. The Hall–Kier alpha value is -3.01. The van der Waals surface area contributed by atoms with Gasteiger partial charge in [0.25, 0.3) is 17.1 Å². The van der Waals surface area contributed by atoms with Crippen molar-refractivity contribution in [2.45, 2.75) is 18.2 Å². The summed E-state index contributed by atoms with van der Waals surface area (Å²) in [6.07, 6.45) is 0.770. The maximum absolute atomic E-state index is 11.4. The van der Waals surface area contributed by atoms with Crippen LogP contribution >= 0.6 is 11.8 Å². The van der Waals surface area contributed by atoms with Gasteiger partial charge < -0.3 is 0 Å². The topological polar surface area (TPSA) is 129 Å². The van der Waals surface area contributed by atoms with Crippen LogP contribution in [0.3, 0.4) is 0 Å². The molecule has 0 aliphatic rings. The smallest absolute Gasteiger partial charge is 0.258 e.